The standard InChI is InChI=1S/C36H39N3O5S2/c1-22-13-14-32(31(19-22)44-6)45-37-36(42)34(26-9-7-10-27(20-26)43-5)38-16-15-28-29(38)11-8-12-30(28)39(21-33(40)41)46-35-24(3)17-23(2)18-25(35)4/h7-14,17-20,34H,15-16,21H2,1-6H3,(H,37,42)(H,40,41). The minimum atomic E-state index is -0.917. The SMILES string of the molecule is COc1cccc(C(C(=O)NSc2ccc(C)cc2OC)N2CCc3c(N(CC(=O)O)Sc4c(C)cc(C)cc4C)cccc32)c1. The quantitative estimate of drug-likeness (QED) is 0.151. The van der Waals surface area contributed by atoms with Crippen LogP contribution in [0.2, 0.25) is 0 Å². The normalized spacial score (nSPS) is 12.8. The van der Waals surface area contributed by atoms with Gasteiger partial charge < -0.3 is 23.8 Å². The van der Waals surface area contributed by atoms with E-state index in [1.807, 2.05) is 71.9 Å². The Balaban J connectivity index is 1.51. The van der Waals surface area contributed by atoms with Gasteiger partial charge in [0.15, 0.2) is 0 Å². The first-order valence-corrected chi connectivity index (χ1v) is 16.6. The minimum absolute atomic E-state index is 0.178. The molecule has 0 saturated carbocycles. The number of aryl methyl sites for hydroxylation is 4. The number of ether oxygens (including phenoxy) is 2. The predicted molar refractivity (Wildman–Crippen MR) is 186 cm³/mol. The molecule has 46 heavy (non-hydrogen) atoms. The number of hydrogen-bond acceptors (Lipinski definition) is 8. The number of methoxy groups -OCH3 is 2. The maximum absolute atomic E-state index is 14.1. The number of benzene rings is 4. The first kappa shape index (κ1) is 33.1. The number of carbonyl (C=O) groups is 2. The van der Waals surface area contributed by atoms with Gasteiger partial charge in [0.25, 0.3) is 5.91 Å². The second kappa shape index (κ2) is 14.4. The number of carboxylic acids is 1. The molecule has 0 saturated heterocycles. The van der Waals surface area contributed by atoms with Gasteiger partial charge in [-0.2, -0.15) is 0 Å². The molecule has 4 aromatic rings. The Morgan fingerprint density at radius 3 is 2.37 bits per heavy atom. The Morgan fingerprint density at radius 2 is 1.67 bits per heavy atom. The zero-order valence-corrected chi connectivity index (χ0v) is 28.6. The third-order valence-corrected chi connectivity index (χ3v) is 10.2. The summed E-state index contributed by atoms with van der Waals surface area (Å²) < 4.78 is 16.0. The number of fused-ring (bicyclic) bond motifs is 1. The fourth-order valence-electron chi connectivity index (χ4n) is 5.96. The number of anilines is 2. The molecule has 2 N–H and O–H groups in total. The fourth-order valence-corrected chi connectivity index (χ4v) is 7.73. The molecule has 1 amide bonds. The van der Waals surface area contributed by atoms with Crippen LogP contribution < -0.4 is 23.4 Å². The van der Waals surface area contributed by atoms with Gasteiger partial charge in [-0.05, 0) is 117 Å². The van der Waals surface area contributed by atoms with E-state index < -0.39 is 12.0 Å². The number of carboxylic acid groups (broad SMARTS) is 1. The molecule has 1 heterocycles. The van der Waals surface area contributed by atoms with Gasteiger partial charge in [-0.1, -0.05) is 42.0 Å². The van der Waals surface area contributed by atoms with Gasteiger partial charge in [0.05, 0.1) is 24.8 Å². The van der Waals surface area contributed by atoms with Gasteiger partial charge in [0.2, 0.25) is 0 Å². The summed E-state index contributed by atoms with van der Waals surface area (Å²) in [6, 6.07) is 22.9. The first-order chi connectivity index (χ1) is 22.1. The van der Waals surface area contributed by atoms with Crippen LogP contribution >= 0.6 is 23.9 Å². The molecular formula is C36H39N3O5S2. The van der Waals surface area contributed by atoms with E-state index in [1.54, 1.807) is 14.2 Å². The number of amides is 1. The highest BCUT2D eigenvalue weighted by molar-refractivity contribution is 8.00. The van der Waals surface area contributed by atoms with Crippen LogP contribution in [0.15, 0.2) is 82.6 Å². The van der Waals surface area contributed by atoms with Crippen LogP contribution in [-0.2, 0) is 16.0 Å². The van der Waals surface area contributed by atoms with Gasteiger partial charge in [0.1, 0.15) is 24.1 Å². The second-order valence-corrected chi connectivity index (χ2v) is 13.2. The number of nitrogens with one attached hydrogen (secondary N) is 1. The summed E-state index contributed by atoms with van der Waals surface area (Å²) in [6.07, 6.45) is 0.653. The van der Waals surface area contributed by atoms with Crippen LogP contribution in [-0.4, -0.2) is 44.3 Å². The fraction of sp³-hybridized carbons (Fsp3) is 0.278. The largest absolute Gasteiger partial charge is 0.497 e. The van der Waals surface area contributed by atoms with E-state index in [2.05, 4.69) is 42.5 Å². The van der Waals surface area contributed by atoms with Crippen molar-refractivity contribution in [2.24, 2.45) is 0 Å². The molecule has 0 fully saturated rings. The molecule has 10 heteroatoms. The molecule has 0 aromatic heterocycles. The lowest BCUT2D eigenvalue weighted by Crippen LogP contribution is -2.37. The van der Waals surface area contributed by atoms with Gasteiger partial charge in [0, 0.05) is 22.7 Å². The Bertz CT molecular complexity index is 1740. The highest BCUT2D eigenvalue weighted by Crippen LogP contribution is 2.44. The van der Waals surface area contributed by atoms with Gasteiger partial charge in [-0.15, -0.1) is 0 Å². The van der Waals surface area contributed by atoms with E-state index in [-0.39, 0.29) is 12.5 Å². The molecule has 5 rings (SSSR count). The molecule has 0 spiro atoms. The van der Waals surface area contributed by atoms with Crippen molar-refractivity contribution < 1.29 is 24.2 Å². The molecule has 4 aromatic carbocycles. The lowest BCUT2D eigenvalue weighted by Gasteiger charge is -2.31. The van der Waals surface area contributed by atoms with Crippen molar-refractivity contribution in [2.75, 3.05) is 36.5 Å². The molecule has 1 unspecified atom stereocenters. The molecular weight excluding hydrogens is 619 g/mol. The van der Waals surface area contributed by atoms with E-state index in [0.29, 0.717) is 24.5 Å². The van der Waals surface area contributed by atoms with Crippen molar-refractivity contribution in [2.45, 2.75) is 49.9 Å². The summed E-state index contributed by atoms with van der Waals surface area (Å²) >= 11 is 2.67. The number of rotatable bonds is 12. The number of aliphatic carboxylic acids is 1. The molecule has 1 aliphatic heterocycles. The molecule has 240 valence electrons. The van der Waals surface area contributed by atoms with Crippen LogP contribution in [0.25, 0.3) is 0 Å². The molecule has 0 radical (unpaired) electrons. The lowest BCUT2D eigenvalue weighted by molar-refractivity contribution is -0.135. The van der Waals surface area contributed by atoms with Crippen molar-refractivity contribution in [3.05, 3.63) is 106 Å². The van der Waals surface area contributed by atoms with Crippen LogP contribution in [0, 0.1) is 27.7 Å². The van der Waals surface area contributed by atoms with E-state index in [0.717, 1.165) is 49.0 Å². The minimum Gasteiger partial charge on any atom is -0.497 e. The van der Waals surface area contributed by atoms with Crippen molar-refractivity contribution in [1.82, 2.24) is 4.72 Å². The van der Waals surface area contributed by atoms with Crippen molar-refractivity contribution in [3.8, 4) is 11.5 Å². The average molecular weight is 658 g/mol. The number of carbonyl (C=O) groups excluding carboxylic acids is 1. The number of nitrogens with zero attached hydrogens (tertiary/aromatic N) is 2. The highest BCUT2D eigenvalue weighted by atomic mass is 32.2. The average Bonchev–Trinajstić information content (AvgIpc) is 3.45. The maximum Gasteiger partial charge on any atom is 0.324 e. The zero-order chi connectivity index (χ0) is 33.0. The summed E-state index contributed by atoms with van der Waals surface area (Å²) in [4.78, 5) is 30.2. The van der Waals surface area contributed by atoms with Crippen molar-refractivity contribution in [1.29, 1.82) is 0 Å². The Labute approximate surface area is 279 Å². The molecule has 0 bridgehead atoms. The van der Waals surface area contributed by atoms with Gasteiger partial charge in [-0.25, -0.2) is 0 Å². The third-order valence-electron chi connectivity index (χ3n) is 7.94. The van der Waals surface area contributed by atoms with E-state index >= 15 is 0 Å². The maximum atomic E-state index is 14.1. The summed E-state index contributed by atoms with van der Waals surface area (Å²) in [5, 5.41) is 9.93. The number of hydrogen-bond donors (Lipinski definition) is 2. The summed E-state index contributed by atoms with van der Waals surface area (Å²) in [7, 11) is 3.23. The smallest absolute Gasteiger partial charge is 0.324 e. The zero-order valence-electron chi connectivity index (χ0n) is 26.9. The van der Waals surface area contributed by atoms with Gasteiger partial charge >= 0.3 is 5.97 Å². The Kier molecular flexibility index (Phi) is 10.4. The Morgan fingerprint density at radius 1 is 0.935 bits per heavy atom. The van der Waals surface area contributed by atoms with Crippen LogP contribution in [0.4, 0.5) is 11.4 Å². The molecule has 1 atom stereocenters. The topological polar surface area (TPSA) is 91.3 Å². The highest BCUT2D eigenvalue weighted by Gasteiger charge is 2.35. The van der Waals surface area contributed by atoms with E-state index in [1.165, 1.54) is 29.5 Å². The predicted octanol–water partition coefficient (Wildman–Crippen LogP) is 7.46. The second-order valence-electron chi connectivity index (χ2n) is 11.4. The van der Waals surface area contributed by atoms with E-state index in [4.69, 9.17) is 9.47 Å². The molecule has 0 aliphatic carbocycles. The summed E-state index contributed by atoms with van der Waals surface area (Å²) in [5.41, 5.74) is 7.95. The van der Waals surface area contributed by atoms with Crippen LogP contribution in [0.1, 0.15) is 39.4 Å². The summed E-state index contributed by atoms with van der Waals surface area (Å²) in [6.45, 7) is 8.57. The van der Waals surface area contributed by atoms with E-state index in [9.17, 15) is 14.7 Å². The molecule has 8 nitrogen and oxygen atoms in total. The first-order valence-electron chi connectivity index (χ1n) is 15.0. The van der Waals surface area contributed by atoms with Crippen molar-refractivity contribution in [3.63, 3.8) is 0 Å². The van der Waals surface area contributed by atoms with Crippen LogP contribution in [0.5, 0.6) is 11.5 Å². The Hall–Kier alpha value is -4.28. The monoisotopic (exact) mass is 657 g/mol. The summed E-state index contributed by atoms with van der Waals surface area (Å²) in [5.74, 6) is 0.236. The van der Waals surface area contributed by atoms with Gasteiger partial charge in [-0.3, -0.25) is 14.3 Å². The third kappa shape index (κ3) is 7.24. The molecule has 1 aliphatic rings. The lowest BCUT2D eigenvalue weighted by atomic mass is 10.0. The van der Waals surface area contributed by atoms with Crippen LogP contribution in [0.3, 0.4) is 0 Å². The van der Waals surface area contributed by atoms with Crippen molar-refractivity contribution >= 4 is 47.1 Å².